The first-order valence-corrected chi connectivity index (χ1v) is 7.91. The third kappa shape index (κ3) is 3.01. The largest absolute Gasteiger partial charge is 0.310 e. The maximum Gasteiger partial charge on any atom is 0.0510 e. The normalized spacial score (nSPS) is 17.2. The van der Waals surface area contributed by atoms with E-state index in [1.807, 2.05) is 6.20 Å². The molecule has 2 heteroatoms. The Hall–Kier alpha value is -1.67. The number of hydrogen-bond donors (Lipinski definition) is 1. The second-order valence-electron chi connectivity index (χ2n) is 6.37. The van der Waals surface area contributed by atoms with Crippen molar-refractivity contribution in [2.24, 2.45) is 0 Å². The van der Waals surface area contributed by atoms with Gasteiger partial charge in [0.05, 0.1) is 5.69 Å². The Balaban J connectivity index is 1.90. The third-order valence-corrected chi connectivity index (χ3v) is 4.39. The summed E-state index contributed by atoms with van der Waals surface area (Å²) in [5.74, 6) is 0.472. The van der Waals surface area contributed by atoms with Gasteiger partial charge in [0.15, 0.2) is 0 Å². The fourth-order valence-corrected chi connectivity index (χ4v) is 3.21. The lowest BCUT2D eigenvalue weighted by atomic mass is 9.91. The zero-order valence-corrected chi connectivity index (χ0v) is 13.2. The average molecular weight is 280 g/mol. The van der Waals surface area contributed by atoms with Gasteiger partial charge in [0.1, 0.15) is 0 Å². The minimum absolute atomic E-state index is 0.472. The number of rotatable bonds is 4. The molecule has 21 heavy (non-hydrogen) atoms. The van der Waals surface area contributed by atoms with Crippen LogP contribution in [0.25, 0.3) is 0 Å². The molecular weight excluding hydrogens is 256 g/mol. The number of fused-ring (bicyclic) bond motifs is 1. The maximum atomic E-state index is 4.65. The van der Waals surface area contributed by atoms with Crippen molar-refractivity contribution in [1.29, 1.82) is 0 Å². The van der Waals surface area contributed by atoms with Gasteiger partial charge in [-0.2, -0.15) is 0 Å². The summed E-state index contributed by atoms with van der Waals surface area (Å²) in [7, 11) is 0. The molecule has 1 atom stereocenters. The van der Waals surface area contributed by atoms with E-state index < -0.39 is 0 Å². The van der Waals surface area contributed by atoms with Crippen molar-refractivity contribution >= 4 is 0 Å². The van der Waals surface area contributed by atoms with Crippen LogP contribution in [-0.4, -0.2) is 11.0 Å². The standard InChI is InChI=1S/C19H24N2/c1-13(2)21-12-15-7-6-14(3)18(11-15)17-9-8-16-5-4-10-20-19(16)17/h4-7,10-11,13,17,21H,8-9,12H2,1-3H3. The van der Waals surface area contributed by atoms with Gasteiger partial charge in [-0.15, -0.1) is 0 Å². The van der Waals surface area contributed by atoms with Gasteiger partial charge in [-0.3, -0.25) is 4.98 Å². The third-order valence-electron chi connectivity index (χ3n) is 4.39. The highest BCUT2D eigenvalue weighted by Crippen LogP contribution is 2.38. The first kappa shape index (κ1) is 14.3. The number of aromatic nitrogens is 1. The van der Waals surface area contributed by atoms with Crippen LogP contribution in [0.1, 0.15) is 54.1 Å². The Morgan fingerprint density at radius 3 is 2.95 bits per heavy atom. The molecular formula is C19H24N2. The van der Waals surface area contributed by atoms with Crippen LogP contribution in [0.4, 0.5) is 0 Å². The van der Waals surface area contributed by atoms with Gasteiger partial charge >= 0.3 is 0 Å². The number of hydrogen-bond acceptors (Lipinski definition) is 2. The lowest BCUT2D eigenvalue weighted by molar-refractivity contribution is 0.588. The number of benzene rings is 1. The van der Waals surface area contributed by atoms with E-state index in [-0.39, 0.29) is 0 Å². The Kier molecular flexibility index (Phi) is 4.07. The Bertz CT molecular complexity index is 631. The minimum Gasteiger partial charge on any atom is -0.310 e. The predicted octanol–water partition coefficient (Wildman–Crippen LogP) is 3.97. The van der Waals surface area contributed by atoms with E-state index in [1.54, 1.807) is 0 Å². The van der Waals surface area contributed by atoms with Crippen LogP contribution in [0.3, 0.4) is 0 Å². The highest BCUT2D eigenvalue weighted by Gasteiger charge is 2.26. The van der Waals surface area contributed by atoms with Crippen molar-refractivity contribution in [2.75, 3.05) is 0 Å². The van der Waals surface area contributed by atoms with Crippen molar-refractivity contribution in [1.82, 2.24) is 10.3 Å². The van der Waals surface area contributed by atoms with Crippen LogP contribution in [0.15, 0.2) is 36.5 Å². The van der Waals surface area contributed by atoms with Gasteiger partial charge in [0.25, 0.3) is 0 Å². The zero-order chi connectivity index (χ0) is 14.8. The molecule has 1 aliphatic carbocycles. The van der Waals surface area contributed by atoms with Gasteiger partial charge < -0.3 is 5.32 Å². The molecule has 0 bridgehead atoms. The Morgan fingerprint density at radius 1 is 1.29 bits per heavy atom. The van der Waals surface area contributed by atoms with Crippen LogP contribution in [0, 0.1) is 6.92 Å². The topological polar surface area (TPSA) is 24.9 Å². The molecule has 0 saturated carbocycles. The van der Waals surface area contributed by atoms with Crippen LogP contribution < -0.4 is 5.32 Å². The molecule has 1 aromatic heterocycles. The summed E-state index contributed by atoms with van der Waals surface area (Å²) in [6.45, 7) is 7.53. The van der Waals surface area contributed by atoms with E-state index in [9.17, 15) is 0 Å². The lowest BCUT2D eigenvalue weighted by Crippen LogP contribution is -2.22. The number of aryl methyl sites for hydroxylation is 2. The van der Waals surface area contributed by atoms with Gasteiger partial charge in [-0.05, 0) is 48.1 Å². The molecule has 1 heterocycles. The van der Waals surface area contributed by atoms with Crippen LogP contribution in [0.5, 0.6) is 0 Å². The monoisotopic (exact) mass is 280 g/mol. The smallest absolute Gasteiger partial charge is 0.0510 e. The Labute approximate surface area is 127 Å². The van der Waals surface area contributed by atoms with Crippen molar-refractivity contribution in [2.45, 2.75) is 52.1 Å². The highest BCUT2D eigenvalue weighted by atomic mass is 14.9. The summed E-state index contributed by atoms with van der Waals surface area (Å²) in [6, 6.07) is 11.7. The zero-order valence-electron chi connectivity index (χ0n) is 13.2. The van der Waals surface area contributed by atoms with Crippen molar-refractivity contribution in [3.63, 3.8) is 0 Å². The van der Waals surface area contributed by atoms with E-state index in [0.717, 1.165) is 13.0 Å². The SMILES string of the molecule is Cc1ccc(CNC(C)C)cc1C1CCc2cccnc21. The molecule has 1 unspecified atom stereocenters. The second-order valence-corrected chi connectivity index (χ2v) is 6.37. The molecule has 0 amide bonds. The van der Waals surface area contributed by atoms with Crippen molar-refractivity contribution in [3.8, 4) is 0 Å². The Morgan fingerprint density at radius 2 is 2.14 bits per heavy atom. The first-order valence-electron chi connectivity index (χ1n) is 7.91. The fourth-order valence-electron chi connectivity index (χ4n) is 3.21. The first-order chi connectivity index (χ1) is 10.1. The molecule has 0 fully saturated rings. The van der Waals surface area contributed by atoms with E-state index in [0.29, 0.717) is 12.0 Å². The van der Waals surface area contributed by atoms with E-state index >= 15 is 0 Å². The summed E-state index contributed by atoms with van der Waals surface area (Å²) in [4.78, 5) is 4.65. The molecule has 0 radical (unpaired) electrons. The van der Waals surface area contributed by atoms with Gasteiger partial charge in [0, 0.05) is 24.7 Å². The number of nitrogens with zero attached hydrogens (tertiary/aromatic N) is 1. The van der Waals surface area contributed by atoms with Gasteiger partial charge in [0.2, 0.25) is 0 Å². The summed E-state index contributed by atoms with van der Waals surface area (Å²) in [5.41, 5.74) is 6.91. The van der Waals surface area contributed by atoms with E-state index in [1.165, 1.54) is 34.4 Å². The summed E-state index contributed by atoms with van der Waals surface area (Å²) in [5, 5.41) is 3.50. The highest BCUT2D eigenvalue weighted by molar-refractivity contribution is 5.43. The van der Waals surface area contributed by atoms with Crippen LogP contribution in [-0.2, 0) is 13.0 Å². The minimum atomic E-state index is 0.472. The molecule has 1 aliphatic rings. The van der Waals surface area contributed by atoms with E-state index in [4.69, 9.17) is 0 Å². The van der Waals surface area contributed by atoms with Crippen molar-refractivity contribution < 1.29 is 0 Å². The van der Waals surface area contributed by atoms with Gasteiger partial charge in [-0.1, -0.05) is 38.1 Å². The predicted molar refractivity (Wildman–Crippen MR) is 87.6 cm³/mol. The number of nitrogens with one attached hydrogen (secondary N) is 1. The second kappa shape index (κ2) is 5.98. The molecule has 110 valence electrons. The average Bonchev–Trinajstić information content (AvgIpc) is 2.90. The van der Waals surface area contributed by atoms with Crippen molar-refractivity contribution in [3.05, 3.63) is 64.5 Å². The lowest BCUT2D eigenvalue weighted by Gasteiger charge is -2.16. The molecule has 1 N–H and O–H groups in total. The maximum absolute atomic E-state index is 4.65. The van der Waals surface area contributed by atoms with Gasteiger partial charge in [-0.25, -0.2) is 0 Å². The fraction of sp³-hybridized carbons (Fsp3) is 0.421. The molecule has 0 aliphatic heterocycles. The number of pyridine rings is 1. The quantitative estimate of drug-likeness (QED) is 0.916. The summed E-state index contributed by atoms with van der Waals surface area (Å²) >= 11 is 0. The van der Waals surface area contributed by atoms with Crippen LogP contribution in [0.2, 0.25) is 0 Å². The molecule has 2 aromatic rings. The summed E-state index contributed by atoms with van der Waals surface area (Å²) in [6.07, 6.45) is 4.27. The molecule has 3 rings (SSSR count). The molecule has 2 nitrogen and oxygen atoms in total. The molecule has 1 aromatic carbocycles. The molecule has 0 saturated heterocycles. The van der Waals surface area contributed by atoms with Crippen LogP contribution >= 0.6 is 0 Å². The summed E-state index contributed by atoms with van der Waals surface area (Å²) < 4.78 is 0. The van der Waals surface area contributed by atoms with E-state index in [2.05, 4.69) is 61.4 Å². The molecule has 0 spiro atoms.